The van der Waals surface area contributed by atoms with Crippen LogP contribution in [0.25, 0.3) is 11.1 Å². The van der Waals surface area contributed by atoms with Crippen LogP contribution in [0.5, 0.6) is 5.75 Å². The standard InChI is InChI=1S/C15H15NO3S/c1-16-10-11-9-12(19-2)7-8-13(11)14-5-3-4-6-15(14)20(16,17)18/h3-9H,10H2,1-2H3. The van der Waals surface area contributed by atoms with Crippen molar-refractivity contribution in [3.05, 3.63) is 48.0 Å². The third kappa shape index (κ3) is 1.90. The van der Waals surface area contributed by atoms with Crippen LogP contribution in [-0.4, -0.2) is 26.9 Å². The van der Waals surface area contributed by atoms with Gasteiger partial charge in [-0.05, 0) is 29.3 Å². The van der Waals surface area contributed by atoms with Crippen molar-refractivity contribution in [1.82, 2.24) is 4.31 Å². The van der Waals surface area contributed by atoms with Crippen molar-refractivity contribution in [3.8, 4) is 16.9 Å². The molecular formula is C15H15NO3S. The van der Waals surface area contributed by atoms with E-state index in [0.29, 0.717) is 11.4 Å². The predicted octanol–water partition coefficient (Wildman–Crippen LogP) is 2.50. The maximum absolute atomic E-state index is 12.5. The van der Waals surface area contributed by atoms with Gasteiger partial charge in [0.15, 0.2) is 0 Å². The van der Waals surface area contributed by atoms with Crippen molar-refractivity contribution in [2.75, 3.05) is 14.2 Å². The molecule has 5 heteroatoms. The van der Waals surface area contributed by atoms with Gasteiger partial charge in [0.1, 0.15) is 5.75 Å². The fraction of sp³-hybridized carbons (Fsp3) is 0.200. The summed E-state index contributed by atoms with van der Waals surface area (Å²) in [4.78, 5) is 0.353. The van der Waals surface area contributed by atoms with Crippen LogP contribution < -0.4 is 4.74 Å². The highest BCUT2D eigenvalue weighted by Gasteiger charge is 2.29. The van der Waals surface area contributed by atoms with E-state index in [-0.39, 0.29) is 0 Å². The normalized spacial score (nSPS) is 16.9. The van der Waals surface area contributed by atoms with Crippen molar-refractivity contribution in [2.24, 2.45) is 0 Å². The summed E-state index contributed by atoms with van der Waals surface area (Å²) in [6, 6.07) is 12.8. The van der Waals surface area contributed by atoms with Crippen LogP contribution >= 0.6 is 0 Å². The highest BCUT2D eigenvalue weighted by Crippen LogP contribution is 2.37. The van der Waals surface area contributed by atoms with E-state index in [4.69, 9.17) is 4.74 Å². The molecule has 0 aliphatic carbocycles. The second-order valence-corrected chi connectivity index (χ2v) is 6.79. The van der Waals surface area contributed by atoms with Crippen LogP contribution in [-0.2, 0) is 16.6 Å². The average Bonchev–Trinajstić information content (AvgIpc) is 2.54. The third-order valence-corrected chi connectivity index (χ3v) is 5.43. The number of ether oxygens (including phenoxy) is 1. The third-order valence-electron chi connectivity index (χ3n) is 3.57. The van der Waals surface area contributed by atoms with Gasteiger partial charge < -0.3 is 4.74 Å². The Morgan fingerprint density at radius 3 is 2.60 bits per heavy atom. The molecule has 0 amide bonds. The Balaban J connectivity index is 2.34. The molecule has 3 rings (SSSR count). The lowest BCUT2D eigenvalue weighted by atomic mass is 9.99. The molecule has 0 unspecified atom stereocenters. The average molecular weight is 289 g/mol. The molecule has 1 aliphatic rings. The Morgan fingerprint density at radius 1 is 1.10 bits per heavy atom. The number of nitrogens with zero attached hydrogens (tertiary/aromatic N) is 1. The van der Waals surface area contributed by atoms with Crippen molar-refractivity contribution >= 4 is 10.0 Å². The first kappa shape index (κ1) is 13.1. The summed E-state index contributed by atoms with van der Waals surface area (Å²) in [5, 5.41) is 0. The zero-order valence-electron chi connectivity index (χ0n) is 11.3. The highest BCUT2D eigenvalue weighted by atomic mass is 32.2. The number of sulfonamides is 1. The molecule has 4 nitrogen and oxygen atoms in total. The second-order valence-electron chi connectivity index (χ2n) is 4.78. The van der Waals surface area contributed by atoms with Crippen molar-refractivity contribution in [1.29, 1.82) is 0 Å². The lowest BCUT2D eigenvalue weighted by Gasteiger charge is -2.14. The molecular weight excluding hydrogens is 274 g/mol. The van der Waals surface area contributed by atoms with Gasteiger partial charge in [-0.3, -0.25) is 0 Å². The van der Waals surface area contributed by atoms with Gasteiger partial charge in [0, 0.05) is 19.2 Å². The Kier molecular flexibility index (Phi) is 3.03. The van der Waals surface area contributed by atoms with Gasteiger partial charge in [0.25, 0.3) is 0 Å². The van der Waals surface area contributed by atoms with E-state index in [0.717, 1.165) is 22.4 Å². The van der Waals surface area contributed by atoms with Gasteiger partial charge in [-0.15, -0.1) is 0 Å². The molecule has 2 aromatic carbocycles. The van der Waals surface area contributed by atoms with E-state index in [1.54, 1.807) is 26.3 Å². The van der Waals surface area contributed by atoms with E-state index in [9.17, 15) is 8.42 Å². The summed E-state index contributed by atoms with van der Waals surface area (Å²) in [6.07, 6.45) is 0. The number of hydrogen-bond donors (Lipinski definition) is 0. The van der Waals surface area contributed by atoms with Crippen LogP contribution in [0.1, 0.15) is 5.56 Å². The summed E-state index contributed by atoms with van der Waals surface area (Å²) in [5.41, 5.74) is 2.63. The highest BCUT2D eigenvalue weighted by molar-refractivity contribution is 7.89. The summed E-state index contributed by atoms with van der Waals surface area (Å²) in [6.45, 7) is 0.337. The molecule has 0 fully saturated rings. The summed E-state index contributed by atoms with van der Waals surface area (Å²) < 4.78 is 31.7. The van der Waals surface area contributed by atoms with Crippen LogP contribution in [0.15, 0.2) is 47.4 Å². The van der Waals surface area contributed by atoms with Gasteiger partial charge in [0.05, 0.1) is 12.0 Å². The largest absolute Gasteiger partial charge is 0.497 e. The molecule has 0 N–H and O–H groups in total. The zero-order valence-corrected chi connectivity index (χ0v) is 12.1. The quantitative estimate of drug-likeness (QED) is 0.810. The van der Waals surface area contributed by atoms with Crippen LogP contribution in [0.2, 0.25) is 0 Å². The predicted molar refractivity (Wildman–Crippen MR) is 77.1 cm³/mol. The van der Waals surface area contributed by atoms with Crippen molar-refractivity contribution in [3.63, 3.8) is 0 Å². The Labute approximate surface area is 118 Å². The summed E-state index contributed by atoms with van der Waals surface area (Å²) in [7, 11) is -0.250. The smallest absolute Gasteiger partial charge is 0.243 e. The topological polar surface area (TPSA) is 46.6 Å². The minimum absolute atomic E-state index is 0.337. The first-order valence-corrected chi connectivity index (χ1v) is 7.70. The molecule has 1 aliphatic heterocycles. The number of hydrogen-bond acceptors (Lipinski definition) is 3. The lowest BCUT2D eigenvalue weighted by molar-refractivity contribution is 0.413. The molecule has 0 saturated heterocycles. The van der Waals surface area contributed by atoms with Crippen LogP contribution in [0.4, 0.5) is 0 Å². The monoisotopic (exact) mass is 289 g/mol. The Morgan fingerprint density at radius 2 is 1.85 bits per heavy atom. The lowest BCUT2D eigenvalue weighted by Crippen LogP contribution is -2.25. The Hall–Kier alpha value is -1.85. The zero-order chi connectivity index (χ0) is 14.3. The molecule has 0 bridgehead atoms. The van der Waals surface area contributed by atoms with E-state index < -0.39 is 10.0 Å². The van der Waals surface area contributed by atoms with Gasteiger partial charge in [-0.2, -0.15) is 4.31 Å². The molecule has 0 atom stereocenters. The molecule has 2 aromatic rings. The summed E-state index contributed by atoms with van der Waals surface area (Å²) >= 11 is 0. The van der Waals surface area contributed by atoms with Crippen LogP contribution in [0, 0.1) is 0 Å². The van der Waals surface area contributed by atoms with Crippen molar-refractivity contribution in [2.45, 2.75) is 11.4 Å². The molecule has 0 spiro atoms. The van der Waals surface area contributed by atoms with E-state index in [1.165, 1.54) is 4.31 Å². The number of rotatable bonds is 1. The molecule has 0 aromatic heterocycles. The van der Waals surface area contributed by atoms with Gasteiger partial charge >= 0.3 is 0 Å². The molecule has 1 heterocycles. The fourth-order valence-corrected chi connectivity index (χ4v) is 3.85. The van der Waals surface area contributed by atoms with Gasteiger partial charge in [-0.25, -0.2) is 8.42 Å². The molecule has 20 heavy (non-hydrogen) atoms. The van der Waals surface area contributed by atoms with Gasteiger partial charge in [0.2, 0.25) is 10.0 Å². The minimum Gasteiger partial charge on any atom is -0.497 e. The fourth-order valence-electron chi connectivity index (χ4n) is 2.50. The minimum atomic E-state index is -3.45. The van der Waals surface area contributed by atoms with Gasteiger partial charge in [-0.1, -0.05) is 24.3 Å². The molecule has 0 saturated carbocycles. The maximum atomic E-state index is 12.5. The van der Waals surface area contributed by atoms with Crippen molar-refractivity contribution < 1.29 is 13.2 Å². The number of methoxy groups -OCH3 is 1. The number of benzene rings is 2. The van der Waals surface area contributed by atoms with E-state index >= 15 is 0 Å². The second kappa shape index (κ2) is 4.61. The molecule has 104 valence electrons. The number of fused-ring (bicyclic) bond motifs is 3. The first-order chi connectivity index (χ1) is 9.54. The Bertz CT molecular complexity index is 768. The summed E-state index contributed by atoms with van der Waals surface area (Å²) in [5.74, 6) is 0.730. The van der Waals surface area contributed by atoms with E-state index in [2.05, 4.69) is 0 Å². The molecule has 0 radical (unpaired) electrons. The van der Waals surface area contributed by atoms with Crippen LogP contribution in [0.3, 0.4) is 0 Å². The first-order valence-electron chi connectivity index (χ1n) is 6.26. The maximum Gasteiger partial charge on any atom is 0.243 e. The van der Waals surface area contributed by atoms with E-state index in [1.807, 2.05) is 30.3 Å². The SMILES string of the molecule is COc1ccc2c(c1)CN(C)S(=O)(=O)c1ccccc1-2.